The third-order valence-corrected chi connectivity index (χ3v) is 9.85. The van der Waals surface area contributed by atoms with E-state index in [1.165, 1.54) is 22.1 Å². The Kier molecular flexibility index (Phi) is 8.89. The summed E-state index contributed by atoms with van der Waals surface area (Å²) >= 11 is 7.27. The molecule has 2 heterocycles. The van der Waals surface area contributed by atoms with Gasteiger partial charge in [-0.05, 0) is 105 Å². The van der Waals surface area contributed by atoms with Crippen molar-refractivity contribution in [3.63, 3.8) is 0 Å². The van der Waals surface area contributed by atoms with Crippen LogP contribution in [0.25, 0.3) is 16.8 Å². The van der Waals surface area contributed by atoms with Crippen molar-refractivity contribution >= 4 is 72.7 Å². The van der Waals surface area contributed by atoms with Crippen molar-refractivity contribution in [3.05, 3.63) is 140 Å². The number of aryl methyl sites for hydroxylation is 1. The van der Waals surface area contributed by atoms with Gasteiger partial charge < -0.3 is 9.47 Å². The summed E-state index contributed by atoms with van der Waals surface area (Å²) in [5, 5.41) is 2.34. The molecule has 1 aliphatic heterocycles. The summed E-state index contributed by atoms with van der Waals surface area (Å²) < 4.78 is 15.5. The predicted octanol–water partition coefficient (Wildman–Crippen LogP) is 7.21. The van der Waals surface area contributed by atoms with Crippen molar-refractivity contribution < 1.29 is 14.3 Å². The molecule has 44 heavy (non-hydrogen) atoms. The average Bonchev–Trinajstić information content (AvgIpc) is 3.30. The molecule has 0 amide bonds. The number of allylic oxidation sites excluding steroid dienone is 1. The smallest absolute Gasteiger partial charge is 0.338 e. The molecule has 1 atom stereocenters. The molecule has 6 nitrogen and oxygen atoms in total. The highest BCUT2D eigenvalue weighted by Crippen LogP contribution is 2.34. The number of hydrogen-bond acceptors (Lipinski definition) is 6. The monoisotopic (exact) mass is 778 g/mol. The fourth-order valence-corrected chi connectivity index (χ4v) is 8.19. The van der Waals surface area contributed by atoms with Gasteiger partial charge in [0.2, 0.25) is 0 Å². The van der Waals surface area contributed by atoms with Gasteiger partial charge >= 0.3 is 5.97 Å². The van der Waals surface area contributed by atoms with E-state index in [-0.39, 0.29) is 12.2 Å². The molecular weight excluding hydrogens is 751 g/mol. The zero-order valence-corrected chi connectivity index (χ0v) is 28.8. The zero-order chi connectivity index (χ0) is 31.0. The molecule has 0 saturated carbocycles. The number of esters is 1. The summed E-state index contributed by atoms with van der Waals surface area (Å²) in [5.74, 6) is 0.275. The third kappa shape index (κ3) is 5.92. The van der Waals surface area contributed by atoms with E-state index in [0.29, 0.717) is 27.2 Å². The van der Waals surface area contributed by atoms with Gasteiger partial charge in [-0.3, -0.25) is 9.36 Å². The standard InChI is InChI=1S/C35H28BrIN2O4S/c1-4-42-34(41)30-21(3)38-35-39(31(30)24-14-12-20(2)13-15-24)33(40)29(44-35)18-22-16-27(36)32(28(37)17-22)43-19-25-10-7-9-23-8-5-6-11-26(23)25/h5-18,31H,4,19H2,1-3H3/b29-18+/t31-/m0/s1. The molecule has 1 aliphatic rings. The lowest BCUT2D eigenvalue weighted by molar-refractivity contribution is -0.139. The van der Waals surface area contributed by atoms with Gasteiger partial charge in [0.05, 0.1) is 36.5 Å². The van der Waals surface area contributed by atoms with E-state index in [9.17, 15) is 9.59 Å². The van der Waals surface area contributed by atoms with Crippen molar-refractivity contribution in [2.75, 3.05) is 6.61 Å². The zero-order valence-electron chi connectivity index (χ0n) is 24.3. The Balaban J connectivity index is 1.37. The van der Waals surface area contributed by atoms with E-state index in [0.717, 1.165) is 36.0 Å². The lowest BCUT2D eigenvalue weighted by atomic mass is 9.95. The van der Waals surface area contributed by atoms with Gasteiger partial charge in [0.15, 0.2) is 4.80 Å². The molecule has 6 rings (SSSR count). The van der Waals surface area contributed by atoms with Crippen LogP contribution in [0.15, 0.2) is 104 Å². The van der Waals surface area contributed by atoms with Crippen LogP contribution < -0.4 is 19.6 Å². The maximum absolute atomic E-state index is 14.0. The van der Waals surface area contributed by atoms with Gasteiger partial charge in [-0.25, -0.2) is 9.79 Å². The first-order chi connectivity index (χ1) is 21.2. The molecule has 0 spiro atoms. The molecule has 0 N–H and O–H groups in total. The fourth-order valence-electron chi connectivity index (χ4n) is 5.38. The van der Waals surface area contributed by atoms with Gasteiger partial charge in [0.25, 0.3) is 5.56 Å². The van der Waals surface area contributed by atoms with Crippen LogP contribution in [0.5, 0.6) is 5.75 Å². The minimum absolute atomic E-state index is 0.212. The predicted molar refractivity (Wildman–Crippen MR) is 187 cm³/mol. The van der Waals surface area contributed by atoms with Gasteiger partial charge in [-0.2, -0.15) is 0 Å². The minimum atomic E-state index is -0.634. The van der Waals surface area contributed by atoms with Gasteiger partial charge in [-0.1, -0.05) is 83.6 Å². The van der Waals surface area contributed by atoms with E-state index in [2.05, 4.69) is 67.8 Å². The Bertz CT molecular complexity index is 2100. The number of aromatic nitrogens is 1. The van der Waals surface area contributed by atoms with Crippen molar-refractivity contribution in [2.45, 2.75) is 33.4 Å². The summed E-state index contributed by atoms with van der Waals surface area (Å²) in [7, 11) is 0. The molecule has 0 saturated heterocycles. The van der Waals surface area contributed by atoms with Crippen LogP contribution in [0, 0.1) is 10.5 Å². The van der Waals surface area contributed by atoms with Gasteiger partial charge in [-0.15, -0.1) is 0 Å². The van der Waals surface area contributed by atoms with Crippen LogP contribution >= 0.6 is 49.9 Å². The summed E-state index contributed by atoms with van der Waals surface area (Å²) in [4.78, 5) is 32.3. The molecule has 4 aromatic carbocycles. The number of benzene rings is 4. The summed E-state index contributed by atoms with van der Waals surface area (Å²) in [6, 6.07) is 25.7. The van der Waals surface area contributed by atoms with Crippen molar-refractivity contribution in [2.24, 2.45) is 4.99 Å². The fraction of sp³-hybridized carbons (Fsp3) is 0.171. The SMILES string of the molecule is CCOC(=O)C1=C(C)N=c2s/c(=C/c3cc(Br)c(OCc4cccc5ccccc45)c(I)c3)c(=O)n2[C@H]1c1ccc(C)cc1. The average molecular weight is 779 g/mol. The highest BCUT2D eigenvalue weighted by atomic mass is 127. The molecule has 0 bridgehead atoms. The summed E-state index contributed by atoms with van der Waals surface area (Å²) in [6.45, 7) is 6.22. The molecule has 0 unspecified atom stereocenters. The molecule has 222 valence electrons. The number of nitrogens with zero attached hydrogens (tertiary/aromatic N) is 2. The van der Waals surface area contributed by atoms with Gasteiger partial charge in [0.1, 0.15) is 12.4 Å². The number of ether oxygens (including phenoxy) is 2. The Morgan fingerprint density at radius 3 is 2.57 bits per heavy atom. The van der Waals surface area contributed by atoms with Crippen LogP contribution in [-0.4, -0.2) is 17.1 Å². The van der Waals surface area contributed by atoms with E-state index in [4.69, 9.17) is 9.47 Å². The Labute approximate surface area is 280 Å². The van der Waals surface area contributed by atoms with E-state index < -0.39 is 12.0 Å². The second kappa shape index (κ2) is 12.8. The number of halogens is 2. The molecule has 0 aliphatic carbocycles. The largest absolute Gasteiger partial charge is 0.487 e. The van der Waals surface area contributed by atoms with E-state index in [1.54, 1.807) is 18.4 Å². The molecule has 5 aromatic rings. The number of rotatable bonds is 7. The van der Waals surface area contributed by atoms with E-state index >= 15 is 0 Å². The van der Waals surface area contributed by atoms with Gasteiger partial charge in [0, 0.05) is 0 Å². The topological polar surface area (TPSA) is 69.9 Å². The number of carbonyl (C=O) groups excluding carboxylic acids is 1. The van der Waals surface area contributed by atoms with Crippen molar-refractivity contribution in [1.29, 1.82) is 0 Å². The van der Waals surface area contributed by atoms with Crippen molar-refractivity contribution in [3.8, 4) is 5.75 Å². The van der Waals surface area contributed by atoms with Crippen molar-refractivity contribution in [1.82, 2.24) is 4.57 Å². The third-order valence-electron chi connectivity index (χ3n) is 7.48. The Morgan fingerprint density at radius 1 is 1.07 bits per heavy atom. The number of fused-ring (bicyclic) bond motifs is 2. The first kappa shape index (κ1) is 30.5. The van der Waals surface area contributed by atoms with Crippen LogP contribution in [0.2, 0.25) is 0 Å². The quantitative estimate of drug-likeness (QED) is 0.130. The van der Waals surface area contributed by atoms with E-state index in [1.807, 2.05) is 67.6 Å². The number of hydrogen-bond donors (Lipinski definition) is 0. The summed E-state index contributed by atoms with van der Waals surface area (Å²) in [5.41, 5.74) is 4.58. The number of thiazole rings is 1. The van der Waals surface area contributed by atoms with Crippen LogP contribution in [-0.2, 0) is 16.1 Å². The lowest BCUT2D eigenvalue weighted by Crippen LogP contribution is -2.39. The second-order valence-corrected chi connectivity index (χ2v) is 13.5. The molecule has 1 aromatic heterocycles. The minimum Gasteiger partial charge on any atom is -0.487 e. The first-order valence-corrected chi connectivity index (χ1v) is 16.8. The maximum atomic E-state index is 14.0. The Morgan fingerprint density at radius 2 is 1.82 bits per heavy atom. The second-order valence-electron chi connectivity index (χ2n) is 10.5. The Hall–Kier alpha value is -3.54. The first-order valence-electron chi connectivity index (χ1n) is 14.1. The van der Waals surface area contributed by atoms with Crippen LogP contribution in [0.4, 0.5) is 0 Å². The molecule has 0 radical (unpaired) electrons. The molecule has 9 heteroatoms. The van der Waals surface area contributed by atoms with Crippen LogP contribution in [0.3, 0.4) is 0 Å². The summed E-state index contributed by atoms with van der Waals surface area (Å²) in [6.07, 6.45) is 1.86. The highest BCUT2D eigenvalue weighted by molar-refractivity contribution is 14.1. The normalized spacial score (nSPS) is 14.8. The maximum Gasteiger partial charge on any atom is 0.338 e. The van der Waals surface area contributed by atoms with Crippen LogP contribution in [0.1, 0.15) is 42.1 Å². The molecule has 0 fully saturated rings. The lowest BCUT2D eigenvalue weighted by Gasteiger charge is -2.24. The number of carbonyl (C=O) groups is 1. The molecular formula is C35H28BrIN2O4S. The highest BCUT2D eigenvalue weighted by Gasteiger charge is 2.33.